The van der Waals surface area contributed by atoms with Gasteiger partial charge in [0.25, 0.3) is 11.2 Å². The Morgan fingerprint density at radius 2 is 1.86 bits per heavy atom. The highest BCUT2D eigenvalue weighted by Crippen LogP contribution is 2.32. The summed E-state index contributed by atoms with van der Waals surface area (Å²) in [6, 6.07) is 12.5. The molecule has 0 saturated carbocycles. The van der Waals surface area contributed by atoms with Crippen LogP contribution in [0.4, 0.5) is 5.69 Å². The molecule has 0 amide bonds. The predicted molar refractivity (Wildman–Crippen MR) is 140 cm³/mol. The summed E-state index contributed by atoms with van der Waals surface area (Å²) in [6.07, 6.45) is 2.20. The lowest BCUT2D eigenvalue weighted by molar-refractivity contribution is -0.384. The molecule has 9 nitrogen and oxygen atoms in total. The van der Waals surface area contributed by atoms with Crippen LogP contribution in [-0.2, 0) is 9.53 Å². The van der Waals surface area contributed by atoms with Gasteiger partial charge in [-0.2, -0.15) is 0 Å². The Morgan fingerprint density at radius 1 is 1.19 bits per heavy atom. The van der Waals surface area contributed by atoms with Crippen molar-refractivity contribution in [3.8, 4) is 5.75 Å². The molecule has 0 radical (unpaired) electrons. The van der Waals surface area contributed by atoms with Gasteiger partial charge in [0.2, 0.25) is 0 Å². The van der Waals surface area contributed by atoms with Crippen molar-refractivity contribution in [3.05, 3.63) is 101 Å². The number of aromatic nitrogens is 1. The number of nitrogens with zero attached hydrogens (tertiary/aromatic N) is 3. The van der Waals surface area contributed by atoms with Crippen molar-refractivity contribution in [3.63, 3.8) is 0 Å². The van der Waals surface area contributed by atoms with E-state index in [9.17, 15) is 19.7 Å². The number of ether oxygens (including phenoxy) is 2. The molecule has 0 fully saturated rings. The molecule has 37 heavy (non-hydrogen) atoms. The standard InChI is InChI=1S/C27H27N3O6S/c1-5-14-35-21-12-8-19(9-13-21)24-23(26(32)36-16(2)3)17(4)28-27-29(24)25(31)22(37-27)15-18-6-10-20(11-7-18)30(33)34/h6-13,15-16,24H,5,14H2,1-4H3/b22-15-. The van der Waals surface area contributed by atoms with Gasteiger partial charge in [0.15, 0.2) is 4.80 Å². The van der Waals surface area contributed by atoms with E-state index in [0.717, 1.165) is 12.0 Å². The third kappa shape index (κ3) is 5.54. The minimum absolute atomic E-state index is 0.0334. The van der Waals surface area contributed by atoms with Gasteiger partial charge in [-0.3, -0.25) is 19.5 Å². The van der Waals surface area contributed by atoms with Crippen molar-refractivity contribution in [1.82, 2.24) is 4.57 Å². The second kappa shape index (κ2) is 10.9. The van der Waals surface area contributed by atoms with Crippen molar-refractivity contribution in [1.29, 1.82) is 0 Å². The predicted octanol–water partition coefficient (Wildman–Crippen LogP) is 3.88. The second-order valence-electron chi connectivity index (χ2n) is 8.80. The van der Waals surface area contributed by atoms with E-state index < -0.39 is 16.9 Å². The van der Waals surface area contributed by atoms with Crippen LogP contribution in [0.15, 0.2) is 69.6 Å². The molecule has 2 heterocycles. The number of carbonyl (C=O) groups is 1. The van der Waals surface area contributed by atoms with Crippen LogP contribution in [0.25, 0.3) is 6.08 Å². The summed E-state index contributed by atoms with van der Waals surface area (Å²) in [4.78, 5) is 42.4. The van der Waals surface area contributed by atoms with Crippen molar-refractivity contribution < 1.29 is 19.2 Å². The summed E-state index contributed by atoms with van der Waals surface area (Å²) in [7, 11) is 0. The summed E-state index contributed by atoms with van der Waals surface area (Å²) in [5.74, 6) is 0.167. The SMILES string of the molecule is CCCOc1ccc(C2C(C(=O)OC(C)C)=C(C)N=c3s/c(=C\c4ccc([N+](=O)[O-])cc4)c(=O)n32)cc1. The van der Waals surface area contributed by atoms with Gasteiger partial charge in [0, 0.05) is 12.1 Å². The minimum Gasteiger partial charge on any atom is -0.494 e. The lowest BCUT2D eigenvalue weighted by Gasteiger charge is -2.25. The van der Waals surface area contributed by atoms with Crippen molar-refractivity contribution in [2.45, 2.75) is 46.3 Å². The van der Waals surface area contributed by atoms with Gasteiger partial charge in [0.05, 0.1) is 39.5 Å². The lowest BCUT2D eigenvalue weighted by atomic mass is 9.96. The molecule has 3 aromatic rings. The number of hydrogen-bond acceptors (Lipinski definition) is 8. The van der Waals surface area contributed by atoms with E-state index in [0.29, 0.717) is 38.5 Å². The molecule has 1 unspecified atom stereocenters. The first-order chi connectivity index (χ1) is 17.7. The van der Waals surface area contributed by atoms with E-state index in [4.69, 9.17) is 9.47 Å². The molecule has 10 heteroatoms. The van der Waals surface area contributed by atoms with E-state index in [-0.39, 0.29) is 17.4 Å². The normalized spacial score (nSPS) is 15.4. The number of thiazole rings is 1. The molecule has 0 N–H and O–H groups in total. The van der Waals surface area contributed by atoms with Crippen molar-refractivity contribution >= 4 is 29.1 Å². The zero-order valence-corrected chi connectivity index (χ0v) is 21.8. The summed E-state index contributed by atoms with van der Waals surface area (Å²) in [6.45, 7) is 7.87. The maximum atomic E-state index is 13.7. The number of allylic oxidation sites excluding steroid dienone is 1. The Kier molecular flexibility index (Phi) is 7.68. The maximum Gasteiger partial charge on any atom is 0.338 e. The molecular formula is C27H27N3O6S. The van der Waals surface area contributed by atoms with E-state index in [1.165, 1.54) is 28.0 Å². The zero-order valence-electron chi connectivity index (χ0n) is 21.0. The molecule has 0 saturated heterocycles. The second-order valence-corrected chi connectivity index (χ2v) is 9.81. The molecule has 0 bridgehead atoms. The molecule has 1 aliphatic heterocycles. The average Bonchev–Trinajstić information content (AvgIpc) is 3.16. The highest BCUT2D eigenvalue weighted by Gasteiger charge is 2.33. The number of hydrogen-bond donors (Lipinski definition) is 0. The molecule has 4 rings (SSSR count). The fourth-order valence-corrected chi connectivity index (χ4v) is 5.03. The van der Waals surface area contributed by atoms with Gasteiger partial charge >= 0.3 is 5.97 Å². The van der Waals surface area contributed by atoms with E-state index in [1.807, 2.05) is 31.2 Å². The number of carbonyl (C=O) groups excluding carboxylic acids is 1. The Bertz CT molecular complexity index is 1530. The van der Waals surface area contributed by atoms with Crippen LogP contribution in [0.2, 0.25) is 0 Å². The molecular weight excluding hydrogens is 494 g/mol. The largest absolute Gasteiger partial charge is 0.494 e. The first-order valence-corrected chi connectivity index (χ1v) is 12.7. The van der Waals surface area contributed by atoms with Gasteiger partial charge < -0.3 is 9.47 Å². The first-order valence-electron chi connectivity index (χ1n) is 11.9. The first kappa shape index (κ1) is 26.0. The quantitative estimate of drug-likeness (QED) is 0.253. The summed E-state index contributed by atoms with van der Waals surface area (Å²) >= 11 is 1.19. The molecule has 192 valence electrons. The van der Waals surface area contributed by atoms with Crippen molar-refractivity contribution in [2.75, 3.05) is 6.61 Å². The van der Waals surface area contributed by atoms with Crippen LogP contribution < -0.4 is 19.6 Å². The number of benzene rings is 2. The van der Waals surface area contributed by atoms with Crippen LogP contribution in [0.3, 0.4) is 0 Å². The highest BCUT2D eigenvalue weighted by molar-refractivity contribution is 7.07. The number of fused-ring (bicyclic) bond motifs is 1. The van der Waals surface area contributed by atoms with E-state index >= 15 is 0 Å². The number of nitro benzene ring substituents is 1. The number of nitro groups is 1. The Hall–Kier alpha value is -4.05. The Balaban J connectivity index is 1.85. The molecule has 0 aliphatic carbocycles. The number of rotatable bonds is 8. The van der Waals surface area contributed by atoms with E-state index in [1.54, 1.807) is 39.0 Å². The minimum atomic E-state index is -0.735. The third-order valence-corrected chi connectivity index (χ3v) is 6.64. The van der Waals surface area contributed by atoms with Gasteiger partial charge in [0.1, 0.15) is 5.75 Å². The average molecular weight is 522 g/mol. The number of non-ortho nitro benzene ring substituents is 1. The smallest absolute Gasteiger partial charge is 0.338 e. The van der Waals surface area contributed by atoms with Crippen LogP contribution in [0, 0.1) is 10.1 Å². The molecule has 0 spiro atoms. The maximum absolute atomic E-state index is 13.7. The summed E-state index contributed by atoms with van der Waals surface area (Å²) in [5, 5.41) is 11.0. The summed E-state index contributed by atoms with van der Waals surface area (Å²) < 4.78 is 13.1. The van der Waals surface area contributed by atoms with Gasteiger partial charge in [-0.1, -0.05) is 30.4 Å². The number of esters is 1. The molecule has 1 aromatic heterocycles. The van der Waals surface area contributed by atoms with Crippen LogP contribution >= 0.6 is 11.3 Å². The summed E-state index contributed by atoms with van der Waals surface area (Å²) in [5.41, 5.74) is 1.78. The molecule has 1 aliphatic rings. The molecule has 2 aromatic carbocycles. The fraction of sp³-hybridized carbons (Fsp3) is 0.296. The Labute approximate surface area is 217 Å². The fourth-order valence-electron chi connectivity index (χ4n) is 3.99. The van der Waals surface area contributed by atoms with Crippen LogP contribution in [0.1, 0.15) is 51.3 Å². The highest BCUT2D eigenvalue weighted by atomic mass is 32.1. The molecule has 1 atom stereocenters. The van der Waals surface area contributed by atoms with Crippen LogP contribution in [0.5, 0.6) is 5.75 Å². The Morgan fingerprint density at radius 3 is 2.46 bits per heavy atom. The van der Waals surface area contributed by atoms with Crippen LogP contribution in [-0.4, -0.2) is 28.2 Å². The van der Waals surface area contributed by atoms with E-state index in [2.05, 4.69) is 4.99 Å². The zero-order chi connectivity index (χ0) is 26.7. The monoisotopic (exact) mass is 521 g/mol. The third-order valence-electron chi connectivity index (χ3n) is 5.65. The van der Waals surface area contributed by atoms with Gasteiger partial charge in [-0.15, -0.1) is 0 Å². The lowest BCUT2D eigenvalue weighted by Crippen LogP contribution is -2.40. The van der Waals surface area contributed by atoms with Gasteiger partial charge in [-0.05, 0) is 68.7 Å². The topological polar surface area (TPSA) is 113 Å². The van der Waals surface area contributed by atoms with Crippen molar-refractivity contribution in [2.24, 2.45) is 4.99 Å². The van der Waals surface area contributed by atoms with Gasteiger partial charge in [-0.25, -0.2) is 9.79 Å².